The first kappa shape index (κ1) is 20.2. The van der Waals surface area contributed by atoms with Crippen molar-refractivity contribution in [1.82, 2.24) is 0 Å². The number of esters is 2. The summed E-state index contributed by atoms with van der Waals surface area (Å²) >= 11 is 0. The van der Waals surface area contributed by atoms with Crippen molar-refractivity contribution < 1.29 is 33.3 Å². The summed E-state index contributed by atoms with van der Waals surface area (Å²) in [6.07, 6.45) is -0.800. The summed E-state index contributed by atoms with van der Waals surface area (Å²) in [5.74, 6) is -1.17. The van der Waals surface area contributed by atoms with Gasteiger partial charge >= 0.3 is 11.9 Å². The van der Waals surface area contributed by atoms with E-state index in [2.05, 4.69) is 5.32 Å². The van der Waals surface area contributed by atoms with E-state index in [4.69, 9.17) is 18.9 Å². The summed E-state index contributed by atoms with van der Waals surface area (Å²) in [5, 5.41) is 2.63. The van der Waals surface area contributed by atoms with E-state index < -0.39 is 23.9 Å². The van der Waals surface area contributed by atoms with Crippen LogP contribution in [0.2, 0.25) is 0 Å². The number of hydrogen-bond acceptors (Lipinski definition) is 7. The molecule has 1 aliphatic rings. The number of anilines is 1. The first-order chi connectivity index (χ1) is 13.9. The molecular formula is C21H21NO7. The van der Waals surface area contributed by atoms with Crippen molar-refractivity contribution in [2.45, 2.75) is 19.4 Å². The Hall–Kier alpha value is -3.55. The number of benzene rings is 2. The largest absolute Gasteiger partial charge is 0.493 e. The molecule has 0 unspecified atom stereocenters. The summed E-state index contributed by atoms with van der Waals surface area (Å²) in [4.78, 5) is 37.2. The van der Waals surface area contributed by atoms with Crippen LogP contribution in [0, 0.1) is 6.92 Å². The van der Waals surface area contributed by atoms with Crippen LogP contribution in [0.4, 0.5) is 5.69 Å². The number of fused-ring (bicyclic) bond motifs is 1. The monoisotopic (exact) mass is 399 g/mol. The Morgan fingerprint density at radius 2 is 1.76 bits per heavy atom. The number of amides is 1. The zero-order valence-corrected chi connectivity index (χ0v) is 16.5. The quantitative estimate of drug-likeness (QED) is 0.771. The maximum absolute atomic E-state index is 12.8. The molecule has 0 saturated heterocycles. The van der Waals surface area contributed by atoms with Gasteiger partial charge in [0.25, 0.3) is 5.91 Å². The van der Waals surface area contributed by atoms with Crippen LogP contribution in [0.15, 0.2) is 30.3 Å². The fourth-order valence-corrected chi connectivity index (χ4v) is 3.15. The fraction of sp³-hybridized carbons (Fsp3) is 0.286. The minimum absolute atomic E-state index is 0.0804. The van der Waals surface area contributed by atoms with Crippen molar-refractivity contribution in [2.75, 3.05) is 26.6 Å². The minimum atomic E-state index is -1.03. The van der Waals surface area contributed by atoms with Crippen molar-refractivity contribution in [3.05, 3.63) is 52.6 Å². The predicted molar refractivity (Wildman–Crippen MR) is 104 cm³/mol. The highest BCUT2D eigenvalue weighted by Crippen LogP contribution is 2.34. The Kier molecular flexibility index (Phi) is 5.72. The third-order valence-electron chi connectivity index (χ3n) is 4.61. The summed E-state index contributed by atoms with van der Waals surface area (Å²) in [7, 11) is 4.09. The van der Waals surface area contributed by atoms with Crippen LogP contribution < -0.4 is 14.8 Å². The van der Waals surface area contributed by atoms with Gasteiger partial charge in [-0.15, -0.1) is 0 Å². The Morgan fingerprint density at radius 1 is 1.07 bits per heavy atom. The van der Waals surface area contributed by atoms with Gasteiger partial charge in [-0.1, -0.05) is 17.7 Å². The lowest BCUT2D eigenvalue weighted by Gasteiger charge is -2.24. The Morgan fingerprint density at radius 3 is 2.41 bits per heavy atom. The summed E-state index contributed by atoms with van der Waals surface area (Å²) in [5.41, 5.74) is 2.40. The fourth-order valence-electron chi connectivity index (χ4n) is 3.15. The number of aryl methyl sites for hydroxylation is 1. The zero-order chi connectivity index (χ0) is 21.1. The maximum Gasteiger partial charge on any atom is 0.340 e. The summed E-state index contributed by atoms with van der Waals surface area (Å²) < 4.78 is 20.5. The molecule has 0 radical (unpaired) electrons. The number of ether oxygens (including phenoxy) is 4. The van der Waals surface area contributed by atoms with Crippen LogP contribution >= 0.6 is 0 Å². The van der Waals surface area contributed by atoms with E-state index in [0.717, 1.165) is 11.1 Å². The van der Waals surface area contributed by atoms with Gasteiger partial charge in [0.2, 0.25) is 0 Å². The lowest BCUT2D eigenvalue weighted by atomic mass is 9.96. The van der Waals surface area contributed by atoms with Crippen molar-refractivity contribution in [2.24, 2.45) is 0 Å². The second-order valence-corrected chi connectivity index (χ2v) is 6.49. The van der Waals surface area contributed by atoms with Gasteiger partial charge in [-0.2, -0.15) is 0 Å². The molecule has 0 aromatic heterocycles. The Labute approximate surface area is 167 Å². The van der Waals surface area contributed by atoms with Crippen LogP contribution in [-0.4, -0.2) is 45.3 Å². The van der Waals surface area contributed by atoms with E-state index in [1.165, 1.54) is 33.5 Å². The first-order valence-corrected chi connectivity index (χ1v) is 8.83. The van der Waals surface area contributed by atoms with Crippen LogP contribution in [0.25, 0.3) is 0 Å². The van der Waals surface area contributed by atoms with Crippen molar-refractivity contribution in [1.29, 1.82) is 0 Å². The number of cyclic esters (lactones) is 1. The van der Waals surface area contributed by atoms with Crippen LogP contribution in [-0.2, 0) is 20.7 Å². The Bertz CT molecular complexity index is 983. The van der Waals surface area contributed by atoms with Crippen molar-refractivity contribution in [3.8, 4) is 11.5 Å². The summed E-state index contributed by atoms with van der Waals surface area (Å²) in [6.45, 7) is 1.90. The van der Waals surface area contributed by atoms with Crippen molar-refractivity contribution in [3.63, 3.8) is 0 Å². The van der Waals surface area contributed by atoms with Gasteiger partial charge < -0.3 is 24.3 Å². The van der Waals surface area contributed by atoms with Gasteiger partial charge in [0.15, 0.2) is 17.6 Å². The number of hydrogen-bond donors (Lipinski definition) is 1. The molecule has 8 heteroatoms. The average Bonchev–Trinajstić information content (AvgIpc) is 2.72. The molecule has 1 atom stereocenters. The first-order valence-electron chi connectivity index (χ1n) is 8.83. The number of rotatable bonds is 5. The molecular weight excluding hydrogens is 378 g/mol. The van der Waals surface area contributed by atoms with Gasteiger partial charge in [0, 0.05) is 18.6 Å². The van der Waals surface area contributed by atoms with E-state index in [1.807, 2.05) is 19.1 Å². The standard InChI is InChI=1S/C21H21NO7/c1-11-5-6-13-12(7-11)8-18(29-21(13)25)19(23)22-15-10-17(27-3)16(26-2)9-14(15)20(24)28-4/h5-7,9-10,18H,8H2,1-4H3,(H,22,23)/t18-/m1/s1. The smallest absolute Gasteiger partial charge is 0.340 e. The zero-order valence-electron chi connectivity index (χ0n) is 16.5. The number of carbonyl (C=O) groups excluding carboxylic acids is 3. The molecule has 0 spiro atoms. The van der Waals surface area contributed by atoms with Crippen LogP contribution in [0.3, 0.4) is 0 Å². The lowest BCUT2D eigenvalue weighted by Crippen LogP contribution is -2.38. The third-order valence-corrected chi connectivity index (χ3v) is 4.61. The van der Waals surface area contributed by atoms with Gasteiger partial charge in [0.1, 0.15) is 0 Å². The highest BCUT2D eigenvalue weighted by molar-refractivity contribution is 6.05. The lowest BCUT2D eigenvalue weighted by molar-refractivity contribution is -0.125. The van der Waals surface area contributed by atoms with E-state index in [0.29, 0.717) is 17.1 Å². The molecule has 0 bridgehead atoms. The predicted octanol–water partition coefficient (Wildman–Crippen LogP) is 2.52. The Balaban J connectivity index is 1.90. The molecule has 0 saturated carbocycles. The number of nitrogens with one attached hydrogen (secondary N) is 1. The average molecular weight is 399 g/mol. The molecule has 1 heterocycles. The van der Waals surface area contributed by atoms with E-state index in [-0.39, 0.29) is 17.7 Å². The number of methoxy groups -OCH3 is 3. The molecule has 0 fully saturated rings. The normalized spacial score (nSPS) is 15.0. The SMILES string of the molecule is COC(=O)c1cc(OC)c(OC)cc1NC(=O)[C@H]1Cc2cc(C)ccc2C(=O)O1. The molecule has 8 nitrogen and oxygen atoms in total. The molecule has 29 heavy (non-hydrogen) atoms. The van der Waals surface area contributed by atoms with Crippen molar-refractivity contribution >= 4 is 23.5 Å². The third kappa shape index (κ3) is 4.01. The van der Waals surface area contributed by atoms with Gasteiger partial charge in [-0.3, -0.25) is 4.79 Å². The molecule has 3 rings (SSSR count). The summed E-state index contributed by atoms with van der Waals surface area (Å²) in [6, 6.07) is 8.21. The van der Waals surface area contributed by atoms with E-state index in [9.17, 15) is 14.4 Å². The molecule has 152 valence electrons. The molecule has 2 aromatic carbocycles. The topological polar surface area (TPSA) is 100 Å². The minimum Gasteiger partial charge on any atom is -0.493 e. The van der Waals surface area contributed by atoms with Crippen LogP contribution in [0.5, 0.6) is 11.5 Å². The molecule has 2 aromatic rings. The van der Waals surface area contributed by atoms with Gasteiger partial charge in [-0.25, -0.2) is 9.59 Å². The second-order valence-electron chi connectivity index (χ2n) is 6.49. The van der Waals surface area contributed by atoms with E-state index in [1.54, 1.807) is 6.07 Å². The maximum atomic E-state index is 12.8. The molecule has 1 N–H and O–H groups in total. The second kappa shape index (κ2) is 8.22. The molecule has 1 aliphatic heterocycles. The van der Waals surface area contributed by atoms with E-state index >= 15 is 0 Å². The molecule has 0 aliphatic carbocycles. The van der Waals surface area contributed by atoms with Crippen LogP contribution in [0.1, 0.15) is 31.8 Å². The number of carbonyl (C=O) groups is 3. The highest BCUT2D eigenvalue weighted by Gasteiger charge is 2.32. The molecule has 1 amide bonds. The highest BCUT2D eigenvalue weighted by atomic mass is 16.5. The van der Waals surface area contributed by atoms with Gasteiger partial charge in [-0.05, 0) is 18.6 Å². The van der Waals surface area contributed by atoms with Gasteiger partial charge in [0.05, 0.1) is 38.1 Å².